The maximum Gasteiger partial charge on any atom is 0.350 e. The van der Waals surface area contributed by atoms with Crippen molar-refractivity contribution in [1.29, 1.82) is 0 Å². The largest absolute Gasteiger partial charge is 0.350 e. The number of nitrogens with zero attached hydrogens (tertiary/aromatic N) is 5. The maximum absolute atomic E-state index is 12.7. The van der Waals surface area contributed by atoms with Crippen LogP contribution in [0.3, 0.4) is 0 Å². The van der Waals surface area contributed by atoms with E-state index in [0.29, 0.717) is 31.6 Å². The lowest BCUT2D eigenvalue weighted by atomic mass is 9.93. The van der Waals surface area contributed by atoms with Crippen molar-refractivity contribution < 1.29 is 14.4 Å². The normalized spacial score (nSPS) is 23.7. The molecule has 3 aliphatic rings. The fraction of sp³-hybridized carbons (Fsp3) is 0.375. The standard InChI is InChI=1S/C16H16N6O3/c23-14-11-3-1-2-4-12(11)19-16(25)22(14)10-5-7-21(8-6-10)15(24)13-17-9-18-20-13/h1-4,9-11H,5-8H2,(H,17,18,20). The maximum atomic E-state index is 12.7. The zero-order chi connectivity index (χ0) is 17.4. The van der Waals surface area contributed by atoms with E-state index in [1.54, 1.807) is 29.2 Å². The fourth-order valence-electron chi connectivity index (χ4n) is 3.38. The topological polar surface area (TPSA) is 112 Å². The summed E-state index contributed by atoms with van der Waals surface area (Å²) in [6.07, 6.45) is 9.32. The second-order valence-corrected chi connectivity index (χ2v) is 6.11. The van der Waals surface area contributed by atoms with Crippen LogP contribution >= 0.6 is 0 Å². The van der Waals surface area contributed by atoms with Crippen LogP contribution < -0.4 is 0 Å². The van der Waals surface area contributed by atoms with Crippen LogP contribution in [0.15, 0.2) is 35.6 Å². The SMILES string of the molecule is O=C(c1ncn[nH]1)N1CCC(N2C(=O)N=C3C=CC=CC3C2=O)CC1. The Hall–Kier alpha value is -3.10. The summed E-state index contributed by atoms with van der Waals surface area (Å²) in [6, 6.07) is -0.764. The number of H-pyrrole nitrogens is 1. The van der Waals surface area contributed by atoms with Gasteiger partial charge in [0.1, 0.15) is 6.33 Å². The first-order valence-electron chi connectivity index (χ1n) is 8.10. The molecule has 128 valence electrons. The lowest BCUT2D eigenvalue weighted by Gasteiger charge is -2.39. The van der Waals surface area contributed by atoms with Crippen LogP contribution in [-0.4, -0.2) is 67.7 Å². The van der Waals surface area contributed by atoms with Crippen LogP contribution in [0.25, 0.3) is 0 Å². The molecule has 1 N–H and O–H groups in total. The Labute approximate surface area is 143 Å². The third kappa shape index (κ3) is 2.67. The number of imide groups is 1. The van der Waals surface area contributed by atoms with Gasteiger partial charge in [-0.25, -0.2) is 9.78 Å². The highest BCUT2D eigenvalue weighted by Crippen LogP contribution is 2.26. The zero-order valence-corrected chi connectivity index (χ0v) is 13.3. The molecule has 1 aromatic heterocycles. The molecule has 1 atom stereocenters. The summed E-state index contributed by atoms with van der Waals surface area (Å²) in [4.78, 5) is 48.1. The van der Waals surface area contributed by atoms with Gasteiger partial charge in [-0.2, -0.15) is 10.1 Å². The number of fused-ring (bicyclic) bond motifs is 1. The van der Waals surface area contributed by atoms with Crippen LogP contribution in [0.5, 0.6) is 0 Å². The summed E-state index contributed by atoms with van der Waals surface area (Å²) in [5.74, 6) is -0.767. The number of hydrogen-bond donors (Lipinski definition) is 1. The van der Waals surface area contributed by atoms with Gasteiger partial charge in [0, 0.05) is 19.1 Å². The van der Waals surface area contributed by atoms with E-state index in [-0.39, 0.29) is 23.7 Å². The Balaban J connectivity index is 1.46. The third-order valence-electron chi connectivity index (χ3n) is 4.67. The van der Waals surface area contributed by atoms with Crippen molar-refractivity contribution in [2.75, 3.05) is 13.1 Å². The van der Waals surface area contributed by atoms with Crippen LogP contribution in [0.1, 0.15) is 23.5 Å². The van der Waals surface area contributed by atoms with Gasteiger partial charge in [-0.15, -0.1) is 0 Å². The summed E-state index contributed by atoms with van der Waals surface area (Å²) in [7, 11) is 0. The molecule has 0 aromatic carbocycles. The Kier molecular flexibility index (Phi) is 3.75. The molecular weight excluding hydrogens is 324 g/mol. The number of amides is 4. The fourth-order valence-corrected chi connectivity index (χ4v) is 3.38. The van der Waals surface area contributed by atoms with Gasteiger partial charge in [0.05, 0.1) is 11.6 Å². The van der Waals surface area contributed by atoms with E-state index in [1.807, 2.05) is 0 Å². The van der Waals surface area contributed by atoms with Gasteiger partial charge < -0.3 is 4.90 Å². The summed E-state index contributed by atoms with van der Waals surface area (Å²) in [6.45, 7) is 0.885. The Morgan fingerprint density at radius 3 is 2.72 bits per heavy atom. The minimum atomic E-state index is -0.517. The average molecular weight is 340 g/mol. The number of likely N-dealkylation sites (tertiary alicyclic amines) is 1. The highest BCUT2D eigenvalue weighted by atomic mass is 16.2. The summed E-state index contributed by atoms with van der Waals surface area (Å²) >= 11 is 0. The van der Waals surface area contributed by atoms with Gasteiger partial charge in [-0.05, 0) is 18.9 Å². The van der Waals surface area contributed by atoms with Crippen molar-refractivity contribution in [3.8, 4) is 0 Å². The van der Waals surface area contributed by atoms with Gasteiger partial charge in [0.25, 0.3) is 5.91 Å². The number of allylic oxidation sites excluding steroid dienone is 3. The zero-order valence-electron chi connectivity index (χ0n) is 13.3. The molecule has 1 aromatic rings. The van der Waals surface area contributed by atoms with Crippen LogP contribution in [0, 0.1) is 5.92 Å². The van der Waals surface area contributed by atoms with Crippen molar-refractivity contribution in [3.05, 3.63) is 36.5 Å². The molecule has 1 unspecified atom stereocenters. The number of hydrogen-bond acceptors (Lipinski definition) is 5. The molecule has 3 heterocycles. The van der Waals surface area contributed by atoms with E-state index >= 15 is 0 Å². The molecular formula is C16H16N6O3. The molecule has 0 radical (unpaired) electrons. The van der Waals surface area contributed by atoms with E-state index in [2.05, 4.69) is 20.2 Å². The Morgan fingerprint density at radius 2 is 2.00 bits per heavy atom. The molecule has 1 saturated heterocycles. The summed E-state index contributed by atoms with van der Waals surface area (Å²) in [5.41, 5.74) is 0.492. The monoisotopic (exact) mass is 340 g/mol. The van der Waals surface area contributed by atoms with Crippen molar-refractivity contribution in [2.24, 2.45) is 10.9 Å². The van der Waals surface area contributed by atoms with E-state index in [9.17, 15) is 14.4 Å². The quantitative estimate of drug-likeness (QED) is 0.845. The molecule has 0 spiro atoms. The first-order valence-corrected chi connectivity index (χ1v) is 8.10. The van der Waals surface area contributed by atoms with Gasteiger partial charge in [-0.3, -0.25) is 19.6 Å². The molecule has 1 fully saturated rings. The van der Waals surface area contributed by atoms with E-state index in [1.165, 1.54) is 11.2 Å². The highest BCUT2D eigenvalue weighted by Gasteiger charge is 2.41. The lowest BCUT2D eigenvalue weighted by molar-refractivity contribution is -0.131. The molecule has 1 aliphatic carbocycles. The highest BCUT2D eigenvalue weighted by molar-refractivity contribution is 6.21. The van der Waals surface area contributed by atoms with E-state index in [4.69, 9.17) is 0 Å². The van der Waals surface area contributed by atoms with Gasteiger partial charge in [-0.1, -0.05) is 18.2 Å². The van der Waals surface area contributed by atoms with Gasteiger partial charge in [0.2, 0.25) is 11.7 Å². The predicted octanol–water partition coefficient (Wildman–Crippen LogP) is 0.555. The molecule has 0 saturated carbocycles. The summed E-state index contributed by atoms with van der Waals surface area (Å²) < 4.78 is 0. The first-order chi connectivity index (χ1) is 12.1. The second-order valence-electron chi connectivity index (χ2n) is 6.11. The minimum Gasteiger partial charge on any atom is -0.336 e. The second kappa shape index (κ2) is 6.08. The first kappa shape index (κ1) is 15.4. The number of aromatic nitrogens is 3. The Morgan fingerprint density at radius 1 is 1.20 bits per heavy atom. The number of aliphatic imine (C=N–C) groups is 1. The van der Waals surface area contributed by atoms with Crippen LogP contribution in [-0.2, 0) is 4.79 Å². The molecule has 9 heteroatoms. The van der Waals surface area contributed by atoms with E-state index in [0.717, 1.165) is 0 Å². The van der Waals surface area contributed by atoms with Crippen LogP contribution in [0.2, 0.25) is 0 Å². The number of carbonyl (C=O) groups excluding carboxylic acids is 3. The van der Waals surface area contributed by atoms with Crippen molar-refractivity contribution in [2.45, 2.75) is 18.9 Å². The number of aromatic amines is 1. The number of urea groups is 1. The van der Waals surface area contributed by atoms with E-state index < -0.39 is 11.9 Å². The predicted molar refractivity (Wildman–Crippen MR) is 86.8 cm³/mol. The van der Waals surface area contributed by atoms with Gasteiger partial charge in [0.15, 0.2) is 0 Å². The van der Waals surface area contributed by atoms with Crippen molar-refractivity contribution in [3.63, 3.8) is 0 Å². The number of carbonyl (C=O) groups is 3. The lowest BCUT2D eigenvalue weighted by Crippen LogP contribution is -2.54. The minimum absolute atomic E-state index is 0.192. The van der Waals surface area contributed by atoms with Crippen molar-refractivity contribution >= 4 is 23.6 Å². The number of piperidine rings is 1. The number of rotatable bonds is 2. The van der Waals surface area contributed by atoms with Crippen LogP contribution in [0.4, 0.5) is 4.79 Å². The molecule has 2 aliphatic heterocycles. The van der Waals surface area contributed by atoms with Gasteiger partial charge >= 0.3 is 6.03 Å². The molecule has 25 heavy (non-hydrogen) atoms. The molecule has 0 bridgehead atoms. The average Bonchev–Trinajstić information content (AvgIpc) is 3.16. The number of nitrogens with one attached hydrogen (secondary N) is 1. The Bertz CT molecular complexity index is 802. The summed E-state index contributed by atoms with van der Waals surface area (Å²) in [5, 5.41) is 6.23. The molecule has 4 amide bonds. The molecule has 9 nitrogen and oxygen atoms in total. The smallest absolute Gasteiger partial charge is 0.336 e. The molecule has 4 rings (SSSR count). The van der Waals surface area contributed by atoms with Crippen molar-refractivity contribution in [1.82, 2.24) is 25.0 Å². The third-order valence-corrected chi connectivity index (χ3v) is 4.67.